The molecule has 0 atom stereocenters. The molecule has 2 aromatic rings. The molecule has 0 spiro atoms. The first-order valence-corrected chi connectivity index (χ1v) is 6.49. The van der Waals surface area contributed by atoms with Gasteiger partial charge in [-0.3, -0.25) is 0 Å². The zero-order chi connectivity index (χ0) is 14.1. The van der Waals surface area contributed by atoms with Crippen molar-refractivity contribution < 1.29 is 14.3 Å². The van der Waals surface area contributed by atoms with E-state index in [0.29, 0.717) is 0 Å². The van der Waals surface area contributed by atoms with Crippen molar-refractivity contribution in [1.82, 2.24) is 9.78 Å². The third-order valence-corrected chi connectivity index (χ3v) is 3.46. The molecule has 6 heteroatoms. The van der Waals surface area contributed by atoms with Gasteiger partial charge in [0.2, 0.25) is 0 Å². The molecule has 0 bridgehead atoms. The molecule has 0 amide bonds. The lowest BCUT2D eigenvalue weighted by molar-refractivity contribution is 0.0690. The van der Waals surface area contributed by atoms with Crippen molar-refractivity contribution in [1.29, 1.82) is 0 Å². The summed E-state index contributed by atoms with van der Waals surface area (Å²) < 4.78 is 15.4. The normalized spacial score (nSPS) is 14.8. The summed E-state index contributed by atoms with van der Waals surface area (Å²) >= 11 is 0. The lowest BCUT2D eigenvalue weighted by Gasteiger charge is -2.18. The highest BCUT2D eigenvalue weighted by Crippen LogP contribution is 2.24. The van der Waals surface area contributed by atoms with E-state index in [1.165, 1.54) is 23.0 Å². The Bertz CT molecular complexity index is 648. The Labute approximate surface area is 115 Å². The third kappa shape index (κ3) is 2.24. The van der Waals surface area contributed by atoms with Crippen molar-refractivity contribution in [3.8, 4) is 5.69 Å². The molecule has 20 heavy (non-hydrogen) atoms. The van der Waals surface area contributed by atoms with Gasteiger partial charge in [0.05, 0.1) is 0 Å². The van der Waals surface area contributed by atoms with E-state index in [1.54, 1.807) is 6.07 Å². The smallest absolute Gasteiger partial charge is 0.356 e. The number of benzene rings is 1. The topological polar surface area (TPSA) is 58.4 Å². The molecule has 1 aliphatic rings. The van der Waals surface area contributed by atoms with Crippen LogP contribution < -0.4 is 4.90 Å². The predicted octanol–water partition coefficient (Wildman–Crippen LogP) is 2.31. The van der Waals surface area contributed by atoms with Crippen molar-refractivity contribution in [2.75, 3.05) is 18.0 Å². The third-order valence-electron chi connectivity index (χ3n) is 3.46. The molecule has 0 unspecified atom stereocenters. The van der Waals surface area contributed by atoms with Crippen LogP contribution in [-0.2, 0) is 0 Å². The van der Waals surface area contributed by atoms with E-state index < -0.39 is 11.8 Å². The molecule has 0 aliphatic carbocycles. The molecule has 0 radical (unpaired) electrons. The Kier molecular flexibility index (Phi) is 3.14. The van der Waals surface area contributed by atoms with Gasteiger partial charge in [-0.25, -0.2) is 13.9 Å². The van der Waals surface area contributed by atoms with Gasteiger partial charge in [-0.15, -0.1) is 0 Å². The molecule has 2 heterocycles. The summed E-state index contributed by atoms with van der Waals surface area (Å²) in [5, 5.41) is 12.7. The second-order valence-corrected chi connectivity index (χ2v) is 4.78. The van der Waals surface area contributed by atoms with Gasteiger partial charge in [-0.2, -0.15) is 5.10 Å². The van der Waals surface area contributed by atoms with E-state index in [2.05, 4.69) is 10.00 Å². The second kappa shape index (κ2) is 4.96. The molecule has 5 nitrogen and oxygen atoms in total. The van der Waals surface area contributed by atoms with Crippen LogP contribution in [0.25, 0.3) is 5.69 Å². The Morgan fingerprint density at radius 1 is 1.25 bits per heavy atom. The molecular formula is C14H14FN3O2. The van der Waals surface area contributed by atoms with Gasteiger partial charge < -0.3 is 10.0 Å². The number of carboxylic acid groups (broad SMARTS) is 1. The van der Waals surface area contributed by atoms with Crippen LogP contribution in [0.15, 0.2) is 30.5 Å². The summed E-state index contributed by atoms with van der Waals surface area (Å²) in [6, 6.07) is 6.28. The molecule has 1 aliphatic heterocycles. The van der Waals surface area contributed by atoms with E-state index in [0.717, 1.165) is 31.6 Å². The second-order valence-electron chi connectivity index (χ2n) is 4.78. The van der Waals surface area contributed by atoms with Crippen LogP contribution in [0.1, 0.15) is 23.3 Å². The van der Waals surface area contributed by atoms with Crippen molar-refractivity contribution in [2.45, 2.75) is 12.8 Å². The fourth-order valence-electron chi connectivity index (χ4n) is 2.43. The van der Waals surface area contributed by atoms with Crippen LogP contribution >= 0.6 is 0 Å². The number of aromatic carboxylic acids is 1. The van der Waals surface area contributed by atoms with Crippen LogP contribution in [-0.4, -0.2) is 33.9 Å². The Balaban J connectivity index is 1.91. The predicted molar refractivity (Wildman–Crippen MR) is 71.9 cm³/mol. The number of anilines is 1. The first-order chi connectivity index (χ1) is 9.65. The minimum atomic E-state index is -1.13. The fourth-order valence-corrected chi connectivity index (χ4v) is 2.43. The van der Waals surface area contributed by atoms with Crippen LogP contribution in [0.2, 0.25) is 0 Å². The molecule has 1 aromatic carbocycles. The number of halogens is 1. The maximum Gasteiger partial charge on any atom is 0.356 e. The van der Waals surface area contributed by atoms with Crippen LogP contribution in [0, 0.1) is 5.82 Å². The highest BCUT2D eigenvalue weighted by atomic mass is 19.1. The van der Waals surface area contributed by atoms with Gasteiger partial charge in [-0.05, 0) is 37.1 Å². The summed E-state index contributed by atoms with van der Waals surface area (Å²) in [6.07, 6.45) is 3.70. The average Bonchev–Trinajstić information content (AvgIpc) is 3.10. The van der Waals surface area contributed by atoms with E-state index in [4.69, 9.17) is 5.11 Å². The Hall–Kier alpha value is -2.37. The van der Waals surface area contributed by atoms with Gasteiger partial charge in [-0.1, -0.05) is 0 Å². The summed E-state index contributed by atoms with van der Waals surface area (Å²) in [7, 11) is 0. The number of carbonyl (C=O) groups is 1. The molecular weight excluding hydrogens is 261 g/mol. The first-order valence-electron chi connectivity index (χ1n) is 6.49. The number of aromatic nitrogens is 2. The number of rotatable bonds is 3. The van der Waals surface area contributed by atoms with Crippen molar-refractivity contribution in [3.05, 3.63) is 42.0 Å². The lowest BCUT2D eigenvalue weighted by atomic mass is 10.2. The zero-order valence-electron chi connectivity index (χ0n) is 10.8. The zero-order valence-corrected chi connectivity index (χ0v) is 10.8. The van der Waals surface area contributed by atoms with Crippen molar-refractivity contribution in [2.24, 2.45) is 0 Å². The summed E-state index contributed by atoms with van der Waals surface area (Å²) in [6.45, 7) is 1.90. The number of carboxylic acids is 1. The van der Waals surface area contributed by atoms with Crippen LogP contribution in [0.3, 0.4) is 0 Å². The first kappa shape index (κ1) is 12.7. The standard InChI is InChI=1S/C14H14FN3O2/c15-11-9-10(17-6-1-2-7-17)3-4-13(11)18-8-5-12(16-18)14(19)20/h3-5,8-9H,1-2,6-7H2,(H,19,20). The maximum atomic E-state index is 14.2. The Morgan fingerprint density at radius 2 is 2.00 bits per heavy atom. The number of hydrogen-bond donors (Lipinski definition) is 1. The highest BCUT2D eigenvalue weighted by Gasteiger charge is 2.15. The molecule has 0 saturated carbocycles. The molecule has 1 aromatic heterocycles. The summed E-state index contributed by atoms with van der Waals surface area (Å²) in [4.78, 5) is 12.9. The average molecular weight is 275 g/mol. The SMILES string of the molecule is O=C(O)c1ccn(-c2ccc(N3CCCC3)cc2F)n1. The molecule has 1 saturated heterocycles. The van der Waals surface area contributed by atoms with E-state index in [1.807, 2.05) is 6.07 Å². The van der Waals surface area contributed by atoms with Gasteiger partial charge in [0.25, 0.3) is 0 Å². The van der Waals surface area contributed by atoms with Crippen LogP contribution in [0.4, 0.5) is 10.1 Å². The molecule has 1 N–H and O–H groups in total. The van der Waals surface area contributed by atoms with Gasteiger partial charge in [0.1, 0.15) is 5.69 Å². The van der Waals surface area contributed by atoms with E-state index in [9.17, 15) is 9.18 Å². The fraction of sp³-hybridized carbons (Fsp3) is 0.286. The van der Waals surface area contributed by atoms with Crippen LogP contribution in [0.5, 0.6) is 0 Å². The Morgan fingerprint density at radius 3 is 2.60 bits per heavy atom. The van der Waals surface area contributed by atoms with Gasteiger partial charge >= 0.3 is 5.97 Å². The minimum absolute atomic E-state index is 0.104. The minimum Gasteiger partial charge on any atom is -0.476 e. The quantitative estimate of drug-likeness (QED) is 0.933. The highest BCUT2D eigenvalue weighted by molar-refractivity contribution is 5.85. The van der Waals surface area contributed by atoms with Crippen molar-refractivity contribution >= 4 is 11.7 Å². The summed E-state index contributed by atoms with van der Waals surface area (Å²) in [5.74, 6) is -1.53. The van der Waals surface area contributed by atoms with E-state index in [-0.39, 0.29) is 11.4 Å². The van der Waals surface area contributed by atoms with Gasteiger partial charge in [0, 0.05) is 25.0 Å². The molecule has 3 rings (SSSR count). The largest absolute Gasteiger partial charge is 0.476 e. The maximum absolute atomic E-state index is 14.2. The monoisotopic (exact) mass is 275 g/mol. The summed E-state index contributed by atoms with van der Waals surface area (Å²) in [5.41, 5.74) is 1.00. The molecule has 104 valence electrons. The number of nitrogens with zero attached hydrogens (tertiary/aromatic N) is 3. The van der Waals surface area contributed by atoms with E-state index >= 15 is 0 Å². The van der Waals surface area contributed by atoms with Crippen molar-refractivity contribution in [3.63, 3.8) is 0 Å². The van der Waals surface area contributed by atoms with Gasteiger partial charge in [0.15, 0.2) is 11.5 Å². The number of hydrogen-bond acceptors (Lipinski definition) is 3. The lowest BCUT2D eigenvalue weighted by Crippen LogP contribution is -2.17. The molecule has 1 fully saturated rings.